The number of nitrogens with one attached hydrogen (secondary N) is 1. The van der Waals surface area contributed by atoms with Crippen LogP contribution in [0.5, 0.6) is 0 Å². The van der Waals surface area contributed by atoms with E-state index in [0.29, 0.717) is 5.95 Å². The van der Waals surface area contributed by atoms with Gasteiger partial charge < -0.3 is 19.2 Å². The molecule has 0 bridgehead atoms. The number of furan rings is 1. The van der Waals surface area contributed by atoms with Crippen LogP contribution in [0.2, 0.25) is 0 Å². The Morgan fingerprint density at radius 3 is 2.79 bits per heavy atom. The van der Waals surface area contributed by atoms with Crippen molar-refractivity contribution in [1.29, 1.82) is 0 Å². The highest BCUT2D eigenvalue weighted by Gasteiger charge is 2.18. The van der Waals surface area contributed by atoms with Crippen LogP contribution in [0, 0.1) is 0 Å². The molecule has 1 aliphatic rings. The monoisotopic (exact) mass is 435 g/mol. The molecule has 6 heteroatoms. The summed E-state index contributed by atoms with van der Waals surface area (Å²) in [5.74, 6) is 0.582. The van der Waals surface area contributed by atoms with Crippen LogP contribution in [0.3, 0.4) is 0 Å². The normalized spacial score (nSPS) is 13.9. The first-order valence-electron chi connectivity index (χ1n) is 11.2. The maximum Gasteiger partial charge on any atom is 0.227 e. The molecule has 0 unspecified atom stereocenters. The molecule has 4 heterocycles. The van der Waals surface area contributed by atoms with E-state index in [0.717, 1.165) is 53.0 Å². The molecule has 33 heavy (non-hydrogen) atoms. The predicted octanol–water partition coefficient (Wildman–Crippen LogP) is 5.63. The third kappa shape index (κ3) is 3.58. The number of anilines is 2. The molecule has 0 spiro atoms. The fraction of sp³-hybridized carbons (Fsp3) is 0.185. The van der Waals surface area contributed by atoms with Crippen LogP contribution >= 0.6 is 0 Å². The number of aryl methyl sites for hydroxylation is 1. The number of aromatic nitrogens is 3. The van der Waals surface area contributed by atoms with E-state index in [-0.39, 0.29) is 0 Å². The van der Waals surface area contributed by atoms with Crippen LogP contribution in [0.1, 0.15) is 11.1 Å². The fourth-order valence-electron chi connectivity index (χ4n) is 4.71. The van der Waals surface area contributed by atoms with E-state index in [1.807, 2.05) is 12.3 Å². The van der Waals surface area contributed by atoms with Gasteiger partial charge in [0.25, 0.3) is 0 Å². The molecule has 1 aliphatic heterocycles. The third-order valence-electron chi connectivity index (χ3n) is 6.44. The van der Waals surface area contributed by atoms with Crippen LogP contribution in [-0.2, 0) is 20.0 Å². The van der Waals surface area contributed by atoms with Crippen LogP contribution in [-0.4, -0.2) is 33.0 Å². The van der Waals surface area contributed by atoms with Crippen molar-refractivity contribution in [2.45, 2.75) is 13.0 Å². The van der Waals surface area contributed by atoms with E-state index in [4.69, 9.17) is 9.40 Å². The second kappa shape index (κ2) is 7.90. The minimum atomic E-state index is 0.582. The number of hydrogen-bond donors (Lipinski definition) is 1. The Kier molecular flexibility index (Phi) is 4.73. The third-order valence-corrected chi connectivity index (χ3v) is 6.44. The zero-order valence-electron chi connectivity index (χ0n) is 18.7. The second-order valence-corrected chi connectivity index (χ2v) is 8.74. The number of benzene rings is 2. The van der Waals surface area contributed by atoms with Crippen molar-refractivity contribution in [3.8, 4) is 22.4 Å². The van der Waals surface area contributed by atoms with Gasteiger partial charge in [0, 0.05) is 65.8 Å². The summed E-state index contributed by atoms with van der Waals surface area (Å²) < 4.78 is 7.50. The number of likely N-dealkylation sites (N-methyl/N-ethyl adjacent to an activating group) is 1. The summed E-state index contributed by atoms with van der Waals surface area (Å²) in [5.41, 5.74) is 8.82. The number of rotatable bonds is 4. The molecule has 164 valence electrons. The van der Waals surface area contributed by atoms with Crippen molar-refractivity contribution in [2.75, 3.05) is 18.9 Å². The lowest BCUT2D eigenvalue weighted by molar-refractivity contribution is 0.313. The van der Waals surface area contributed by atoms with Crippen molar-refractivity contribution >= 4 is 22.5 Å². The standard InChI is InChI=1S/C27H25N5O/c1-31-11-9-18-13-21(8-7-19(18)15-31)29-27-28-14-23(20-10-12-33-17-20)26(30-27)24-16-32(2)25-6-4-3-5-22(24)25/h3-8,10,12-14,16-17H,9,11,15H2,1-2H3,(H,28,29,30). The van der Waals surface area contributed by atoms with Gasteiger partial charge in [-0.05, 0) is 48.9 Å². The van der Waals surface area contributed by atoms with E-state index in [2.05, 4.69) is 82.5 Å². The molecule has 6 rings (SSSR count). The Labute approximate surface area is 192 Å². The lowest BCUT2D eigenvalue weighted by atomic mass is 9.99. The second-order valence-electron chi connectivity index (χ2n) is 8.74. The minimum Gasteiger partial charge on any atom is -0.472 e. The molecular weight excluding hydrogens is 410 g/mol. The minimum absolute atomic E-state index is 0.582. The van der Waals surface area contributed by atoms with Crippen molar-refractivity contribution in [1.82, 2.24) is 19.4 Å². The van der Waals surface area contributed by atoms with Gasteiger partial charge in [-0.3, -0.25) is 0 Å². The van der Waals surface area contributed by atoms with Gasteiger partial charge in [-0.25, -0.2) is 9.97 Å². The van der Waals surface area contributed by atoms with E-state index in [1.54, 1.807) is 12.5 Å². The van der Waals surface area contributed by atoms with Gasteiger partial charge in [0.2, 0.25) is 5.95 Å². The smallest absolute Gasteiger partial charge is 0.227 e. The van der Waals surface area contributed by atoms with Gasteiger partial charge in [0.15, 0.2) is 0 Å². The lowest BCUT2D eigenvalue weighted by Crippen LogP contribution is -2.26. The molecule has 5 aromatic rings. The molecule has 0 aliphatic carbocycles. The molecule has 6 nitrogen and oxygen atoms in total. The molecule has 0 fully saturated rings. The Morgan fingerprint density at radius 2 is 1.91 bits per heavy atom. The fourth-order valence-corrected chi connectivity index (χ4v) is 4.71. The van der Waals surface area contributed by atoms with Gasteiger partial charge in [-0.15, -0.1) is 0 Å². The Balaban J connectivity index is 1.44. The summed E-state index contributed by atoms with van der Waals surface area (Å²) in [6.45, 7) is 2.08. The Bertz CT molecular complexity index is 1450. The van der Waals surface area contributed by atoms with E-state index >= 15 is 0 Å². The average molecular weight is 436 g/mol. The molecule has 0 radical (unpaired) electrons. The highest BCUT2D eigenvalue weighted by atomic mass is 16.3. The largest absolute Gasteiger partial charge is 0.472 e. The first-order chi connectivity index (χ1) is 16.2. The maximum absolute atomic E-state index is 5.36. The summed E-state index contributed by atoms with van der Waals surface area (Å²) in [6.07, 6.45) is 8.49. The zero-order chi connectivity index (χ0) is 22.4. The molecule has 2 aromatic carbocycles. The number of nitrogens with zero attached hydrogens (tertiary/aromatic N) is 4. The number of hydrogen-bond acceptors (Lipinski definition) is 5. The van der Waals surface area contributed by atoms with Gasteiger partial charge >= 0.3 is 0 Å². The molecular formula is C27H25N5O. The summed E-state index contributed by atoms with van der Waals surface area (Å²) in [5, 5.41) is 4.60. The first-order valence-corrected chi connectivity index (χ1v) is 11.2. The van der Waals surface area contributed by atoms with Gasteiger partial charge in [-0.2, -0.15) is 0 Å². The lowest BCUT2D eigenvalue weighted by Gasteiger charge is -2.25. The van der Waals surface area contributed by atoms with Crippen molar-refractivity contribution in [3.05, 3.63) is 84.6 Å². The molecule has 3 aromatic heterocycles. The van der Waals surface area contributed by atoms with Crippen LogP contribution < -0.4 is 5.32 Å². The number of para-hydroxylation sites is 1. The van der Waals surface area contributed by atoms with Crippen molar-refractivity contribution in [3.63, 3.8) is 0 Å². The predicted molar refractivity (Wildman–Crippen MR) is 131 cm³/mol. The van der Waals surface area contributed by atoms with Crippen molar-refractivity contribution in [2.24, 2.45) is 7.05 Å². The van der Waals surface area contributed by atoms with E-state index < -0.39 is 0 Å². The highest BCUT2D eigenvalue weighted by molar-refractivity contribution is 5.98. The van der Waals surface area contributed by atoms with Crippen molar-refractivity contribution < 1.29 is 4.42 Å². The molecule has 0 saturated carbocycles. The van der Waals surface area contributed by atoms with Gasteiger partial charge in [0.1, 0.15) is 0 Å². The van der Waals surface area contributed by atoms with Gasteiger partial charge in [0.05, 0.1) is 18.2 Å². The zero-order valence-corrected chi connectivity index (χ0v) is 18.7. The molecule has 1 N–H and O–H groups in total. The quantitative estimate of drug-likeness (QED) is 0.397. The van der Waals surface area contributed by atoms with Crippen LogP contribution in [0.25, 0.3) is 33.3 Å². The highest BCUT2D eigenvalue weighted by Crippen LogP contribution is 2.36. The first kappa shape index (κ1) is 19.8. The van der Waals surface area contributed by atoms with E-state index in [1.165, 1.54) is 16.6 Å². The topological polar surface area (TPSA) is 59.1 Å². The van der Waals surface area contributed by atoms with Crippen LogP contribution in [0.4, 0.5) is 11.6 Å². The molecule has 0 atom stereocenters. The van der Waals surface area contributed by atoms with Crippen LogP contribution in [0.15, 0.2) is 77.9 Å². The Morgan fingerprint density at radius 1 is 1.00 bits per heavy atom. The maximum atomic E-state index is 5.36. The van der Waals surface area contributed by atoms with E-state index in [9.17, 15) is 0 Å². The summed E-state index contributed by atoms with van der Waals surface area (Å²) in [4.78, 5) is 12.0. The van der Waals surface area contributed by atoms with Gasteiger partial charge in [-0.1, -0.05) is 24.3 Å². The average Bonchev–Trinajstić information content (AvgIpc) is 3.48. The molecule has 0 saturated heterocycles. The summed E-state index contributed by atoms with van der Waals surface area (Å²) in [7, 11) is 4.23. The SMILES string of the molecule is CN1CCc2cc(Nc3ncc(-c4ccoc4)c(-c4cn(C)c5ccccc45)n3)ccc2C1. The summed E-state index contributed by atoms with van der Waals surface area (Å²) in [6, 6.07) is 16.9. The Hall–Kier alpha value is -3.90. The number of fused-ring (bicyclic) bond motifs is 2. The summed E-state index contributed by atoms with van der Waals surface area (Å²) >= 11 is 0. The molecule has 0 amide bonds.